The smallest absolute Gasteiger partial charge is 0.388 e. The highest BCUT2D eigenvalue weighted by Gasteiger charge is 2.65. The van der Waals surface area contributed by atoms with Crippen LogP contribution in [0.4, 0.5) is 10.2 Å². The number of pyridine rings is 3. The lowest BCUT2D eigenvalue weighted by atomic mass is 9.71. The molecular formula is C36H27ClFN7O3S. The molecule has 0 radical (unpaired) electrons. The Morgan fingerprint density at radius 3 is 2.76 bits per heavy atom. The molecule has 1 saturated carbocycles. The zero-order valence-electron chi connectivity index (χ0n) is 25.9. The molecule has 1 spiro atoms. The van der Waals surface area contributed by atoms with E-state index in [-0.39, 0.29) is 23.7 Å². The third-order valence-corrected chi connectivity index (χ3v) is 12.0. The number of nitrogens with zero attached hydrogens (tertiary/aromatic N) is 5. The summed E-state index contributed by atoms with van der Waals surface area (Å²) in [4.78, 5) is 44.1. The molecule has 6 aromatic rings. The Hall–Kier alpha value is -4.94. The summed E-state index contributed by atoms with van der Waals surface area (Å²) in [6.45, 7) is 0.707. The van der Waals surface area contributed by atoms with E-state index in [1.54, 1.807) is 24.5 Å². The first-order valence-electron chi connectivity index (χ1n) is 16.3. The van der Waals surface area contributed by atoms with Crippen LogP contribution in [0.15, 0.2) is 64.1 Å². The number of H-pyrrole nitrogens is 1. The van der Waals surface area contributed by atoms with Crippen LogP contribution in [0.2, 0.25) is 5.02 Å². The monoisotopic (exact) mass is 691 g/mol. The fourth-order valence-corrected chi connectivity index (χ4v) is 9.78. The van der Waals surface area contributed by atoms with Crippen LogP contribution in [0.5, 0.6) is 0 Å². The van der Waals surface area contributed by atoms with Gasteiger partial charge in [-0.05, 0) is 91.3 Å². The Labute approximate surface area is 287 Å². The van der Waals surface area contributed by atoms with Crippen molar-refractivity contribution in [3.05, 3.63) is 110 Å². The van der Waals surface area contributed by atoms with Crippen LogP contribution >= 0.6 is 22.9 Å². The maximum Gasteiger partial charge on any atom is 0.434 e. The first-order chi connectivity index (χ1) is 23.8. The van der Waals surface area contributed by atoms with Crippen molar-refractivity contribution in [2.75, 3.05) is 11.9 Å². The number of amides is 1. The molecule has 5 aliphatic rings. The normalized spacial score (nSPS) is 21.6. The van der Waals surface area contributed by atoms with Gasteiger partial charge in [-0.1, -0.05) is 23.7 Å². The van der Waals surface area contributed by atoms with E-state index in [0.29, 0.717) is 52.7 Å². The number of benzene rings is 1. The molecule has 1 atom stereocenters. The highest BCUT2D eigenvalue weighted by atomic mass is 35.5. The van der Waals surface area contributed by atoms with Gasteiger partial charge in [0.1, 0.15) is 11.6 Å². The lowest BCUT2D eigenvalue weighted by Crippen LogP contribution is -2.40. The topological polar surface area (TPSA) is 130 Å². The van der Waals surface area contributed by atoms with Crippen LogP contribution < -0.4 is 11.1 Å². The lowest BCUT2D eigenvalue weighted by Gasteiger charge is -2.37. The maximum atomic E-state index is 14.4. The van der Waals surface area contributed by atoms with Gasteiger partial charge < -0.3 is 14.6 Å². The highest BCUT2D eigenvalue weighted by molar-refractivity contribution is 7.23. The minimum absolute atomic E-state index is 0.0209. The Morgan fingerprint density at radius 2 is 1.94 bits per heavy atom. The van der Waals surface area contributed by atoms with E-state index >= 15 is 0 Å². The van der Waals surface area contributed by atoms with Crippen LogP contribution in [-0.2, 0) is 24.8 Å². The molecule has 2 aliphatic carbocycles. The Balaban J connectivity index is 1.15. The second kappa shape index (κ2) is 10.5. The highest BCUT2D eigenvalue weighted by Crippen LogP contribution is 2.63. The first-order valence-corrected chi connectivity index (χ1v) is 17.5. The number of carbonyl (C=O) groups excluding carboxylic acids is 1. The summed E-state index contributed by atoms with van der Waals surface area (Å²) >= 11 is 7.75. The van der Waals surface area contributed by atoms with Gasteiger partial charge in [0.2, 0.25) is 0 Å². The number of carbonyl (C=O) groups is 1. The molecule has 11 rings (SSSR count). The Morgan fingerprint density at radius 1 is 1.08 bits per heavy atom. The number of aromatic nitrogens is 5. The minimum atomic E-state index is -0.697. The summed E-state index contributed by atoms with van der Waals surface area (Å²) < 4.78 is 20.3. The second-order valence-corrected chi connectivity index (χ2v) is 14.9. The van der Waals surface area contributed by atoms with E-state index in [9.17, 15) is 14.0 Å². The number of halogens is 2. The average Bonchev–Trinajstić information content (AvgIpc) is 3.93. The van der Waals surface area contributed by atoms with Gasteiger partial charge in [0, 0.05) is 29.4 Å². The third-order valence-electron chi connectivity index (χ3n) is 10.6. The molecule has 1 aromatic carbocycles. The van der Waals surface area contributed by atoms with E-state index < -0.39 is 11.3 Å². The number of hydrogen-bond acceptors (Lipinski definition) is 9. The number of aromatic amines is 1. The molecule has 3 aliphatic heterocycles. The summed E-state index contributed by atoms with van der Waals surface area (Å²) in [6, 6.07) is 12.4. The third kappa shape index (κ3) is 4.36. The van der Waals surface area contributed by atoms with Crippen molar-refractivity contribution in [1.82, 2.24) is 30.0 Å². The van der Waals surface area contributed by atoms with Gasteiger partial charge in [-0.25, -0.2) is 19.3 Å². The number of thiophene rings is 1. The van der Waals surface area contributed by atoms with Crippen LogP contribution in [0, 0.1) is 11.7 Å². The first kappa shape index (κ1) is 29.0. The van der Waals surface area contributed by atoms with Gasteiger partial charge >= 0.3 is 5.76 Å². The number of aryl methyl sites for hydroxylation is 3. The summed E-state index contributed by atoms with van der Waals surface area (Å²) in [5, 5.41) is 11.9. The van der Waals surface area contributed by atoms with Crippen molar-refractivity contribution in [2.45, 2.75) is 50.1 Å². The predicted octanol–water partition coefficient (Wildman–Crippen LogP) is 6.85. The number of fused-ring (bicyclic) bond motifs is 3. The fourth-order valence-electron chi connectivity index (χ4n) is 8.44. The van der Waals surface area contributed by atoms with E-state index in [2.05, 4.69) is 26.6 Å². The zero-order chi connectivity index (χ0) is 33.0. The minimum Gasteiger partial charge on any atom is -0.388 e. The van der Waals surface area contributed by atoms with Crippen molar-refractivity contribution in [1.29, 1.82) is 0 Å². The van der Waals surface area contributed by atoms with Gasteiger partial charge in [0.05, 0.1) is 49.5 Å². The standard InChI is InChI=1S/C36H27ClFN7O3S/c37-21-11-19-4-8-24(29(19)40-15-21)42-32-30-20(9-10-39-32)12-25(49-30)27-26(33-43-44-35(47)48-33)23(7-3-17-1-5-22(38)6-2-17)41-31-28(27)34(46)45-16-18-13-36(31,45)14-18/h1-2,5-6,9-12,15,18,24H,3-4,7-8,13-14,16H2,(H,39,42)(H,44,47). The lowest BCUT2D eigenvalue weighted by molar-refractivity contribution is 0.0637. The molecule has 2 bridgehead atoms. The average molecular weight is 692 g/mol. The Kier molecular flexibility index (Phi) is 6.23. The van der Waals surface area contributed by atoms with E-state index in [1.807, 2.05) is 17.0 Å². The molecule has 2 N–H and O–H groups in total. The van der Waals surface area contributed by atoms with Crippen LogP contribution in [0.25, 0.3) is 32.0 Å². The predicted molar refractivity (Wildman–Crippen MR) is 182 cm³/mol. The molecular weight excluding hydrogens is 665 g/mol. The number of nitrogens with one attached hydrogen (secondary N) is 2. The number of rotatable bonds is 7. The van der Waals surface area contributed by atoms with Crippen molar-refractivity contribution < 1.29 is 13.6 Å². The quantitative estimate of drug-likeness (QED) is 0.186. The fraction of sp³-hybridized carbons (Fsp3) is 0.278. The summed E-state index contributed by atoms with van der Waals surface area (Å²) in [5.41, 5.74) is 5.81. The van der Waals surface area contributed by atoms with Gasteiger partial charge in [0.15, 0.2) is 0 Å². The molecule has 5 aromatic heterocycles. The molecule has 1 unspecified atom stereocenters. The summed E-state index contributed by atoms with van der Waals surface area (Å²) in [5.74, 6) is 0.231. The number of hydrogen-bond donors (Lipinski definition) is 2. The van der Waals surface area contributed by atoms with Crippen molar-refractivity contribution in [2.24, 2.45) is 5.92 Å². The van der Waals surface area contributed by atoms with Gasteiger partial charge in [-0.15, -0.1) is 16.4 Å². The van der Waals surface area contributed by atoms with E-state index in [1.165, 1.54) is 23.5 Å². The van der Waals surface area contributed by atoms with E-state index in [4.69, 9.17) is 26.0 Å². The van der Waals surface area contributed by atoms with Gasteiger partial charge in [-0.3, -0.25) is 14.8 Å². The molecule has 2 saturated heterocycles. The summed E-state index contributed by atoms with van der Waals surface area (Å²) in [6.07, 6.45) is 7.99. The largest absolute Gasteiger partial charge is 0.434 e. The zero-order valence-corrected chi connectivity index (χ0v) is 27.5. The Bertz CT molecular complexity index is 2420. The van der Waals surface area contributed by atoms with Crippen LogP contribution in [0.1, 0.15) is 63.9 Å². The maximum absolute atomic E-state index is 14.4. The molecule has 10 nitrogen and oxygen atoms in total. The molecule has 244 valence electrons. The summed E-state index contributed by atoms with van der Waals surface area (Å²) in [7, 11) is 0. The molecule has 1 amide bonds. The SMILES string of the molecule is O=C1c2c(nc(CCc3ccc(F)cc3)c(-c3n[nH]c(=O)o3)c2-c2cc3ccnc(NC4CCc5cc(Cl)cnc54)c3s2)C23CC(CN12)C3. The molecule has 3 fully saturated rings. The molecule has 49 heavy (non-hydrogen) atoms. The van der Waals surface area contributed by atoms with Crippen LogP contribution in [0.3, 0.4) is 0 Å². The number of anilines is 1. The van der Waals surface area contributed by atoms with Gasteiger partial charge in [0.25, 0.3) is 11.8 Å². The van der Waals surface area contributed by atoms with E-state index in [0.717, 1.165) is 69.0 Å². The van der Waals surface area contributed by atoms with Crippen molar-refractivity contribution in [3.8, 4) is 21.9 Å². The second-order valence-electron chi connectivity index (χ2n) is 13.4. The molecule has 8 heterocycles. The van der Waals surface area contributed by atoms with Gasteiger partial charge in [-0.2, -0.15) is 0 Å². The van der Waals surface area contributed by atoms with Crippen LogP contribution in [-0.4, -0.2) is 42.5 Å². The van der Waals surface area contributed by atoms with Crippen molar-refractivity contribution >= 4 is 44.7 Å². The van der Waals surface area contributed by atoms with Crippen molar-refractivity contribution in [3.63, 3.8) is 0 Å². The molecule has 13 heteroatoms.